The van der Waals surface area contributed by atoms with Gasteiger partial charge in [-0.25, -0.2) is 10.5 Å². The summed E-state index contributed by atoms with van der Waals surface area (Å²) in [7, 11) is 0. The number of nitrogens with zero attached hydrogens (tertiary/aromatic N) is 5. The van der Waals surface area contributed by atoms with E-state index in [1.807, 2.05) is 20.8 Å². The Labute approximate surface area is 111 Å². The van der Waals surface area contributed by atoms with Crippen molar-refractivity contribution in [3.63, 3.8) is 0 Å². The Balaban J connectivity index is 2.37. The summed E-state index contributed by atoms with van der Waals surface area (Å²) in [4.78, 5) is 12.4. The number of rotatable bonds is 5. The zero-order chi connectivity index (χ0) is 13.9. The molecule has 0 amide bonds. The number of aromatic nitrogens is 5. The second-order valence-electron chi connectivity index (χ2n) is 4.55. The van der Waals surface area contributed by atoms with Crippen LogP contribution in [0.25, 0.3) is 5.95 Å². The van der Waals surface area contributed by atoms with Crippen LogP contribution in [-0.2, 0) is 0 Å². The number of hydrogen-bond donors (Lipinski definition) is 2. The lowest BCUT2D eigenvalue weighted by molar-refractivity contribution is 0.0922. The maximum Gasteiger partial charge on any atom is 0.323 e. The fourth-order valence-corrected chi connectivity index (χ4v) is 1.26. The molecule has 102 valence electrons. The third-order valence-corrected chi connectivity index (χ3v) is 2.66. The average molecular weight is 263 g/mol. The van der Waals surface area contributed by atoms with Gasteiger partial charge in [0.1, 0.15) is 5.60 Å². The number of hydrazine groups is 1. The molecule has 0 aliphatic rings. The molecule has 8 heteroatoms. The molecule has 2 aromatic heterocycles. The van der Waals surface area contributed by atoms with Gasteiger partial charge in [-0.15, -0.1) is 0 Å². The third-order valence-electron chi connectivity index (χ3n) is 2.66. The molecule has 0 unspecified atom stereocenters. The van der Waals surface area contributed by atoms with E-state index in [9.17, 15) is 0 Å². The van der Waals surface area contributed by atoms with Crippen molar-refractivity contribution in [1.29, 1.82) is 0 Å². The van der Waals surface area contributed by atoms with Crippen LogP contribution in [-0.4, -0.2) is 30.3 Å². The van der Waals surface area contributed by atoms with Crippen molar-refractivity contribution in [3.8, 4) is 12.0 Å². The Morgan fingerprint density at radius 1 is 1.37 bits per heavy atom. The van der Waals surface area contributed by atoms with Crippen LogP contribution in [0.3, 0.4) is 0 Å². The lowest BCUT2D eigenvalue weighted by Crippen LogP contribution is -2.28. The summed E-state index contributed by atoms with van der Waals surface area (Å²) < 4.78 is 7.24. The first kappa shape index (κ1) is 13.2. The highest BCUT2D eigenvalue weighted by molar-refractivity contribution is 5.28. The van der Waals surface area contributed by atoms with Gasteiger partial charge in [-0.05, 0) is 26.3 Å². The molecule has 0 bridgehead atoms. The predicted molar refractivity (Wildman–Crippen MR) is 69.8 cm³/mol. The molecule has 0 saturated heterocycles. The van der Waals surface area contributed by atoms with Gasteiger partial charge in [-0.1, -0.05) is 6.92 Å². The van der Waals surface area contributed by atoms with Gasteiger partial charge in [0, 0.05) is 12.4 Å². The Kier molecular flexibility index (Phi) is 3.61. The smallest absolute Gasteiger partial charge is 0.323 e. The molecule has 0 aliphatic carbocycles. The van der Waals surface area contributed by atoms with E-state index in [-0.39, 0.29) is 17.6 Å². The highest BCUT2D eigenvalue weighted by Crippen LogP contribution is 2.18. The Morgan fingerprint density at radius 2 is 2.16 bits per heavy atom. The summed E-state index contributed by atoms with van der Waals surface area (Å²) >= 11 is 0. The van der Waals surface area contributed by atoms with Crippen LogP contribution in [0.5, 0.6) is 6.01 Å². The summed E-state index contributed by atoms with van der Waals surface area (Å²) in [5.74, 6) is 5.92. The van der Waals surface area contributed by atoms with E-state index in [1.54, 1.807) is 18.5 Å². The summed E-state index contributed by atoms with van der Waals surface area (Å²) in [6.07, 6.45) is 4.18. The number of anilines is 1. The third kappa shape index (κ3) is 3.16. The minimum atomic E-state index is -0.366. The maximum atomic E-state index is 5.73. The molecule has 0 radical (unpaired) electrons. The van der Waals surface area contributed by atoms with Gasteiger partial charge in [0.25, 0.3) is 5.95 Å². The fourth-order valence-electron chi connectivity index (χ4n) is 1.26. The van der Waals surface area contributed by atoms with Gasteiger partial charge >= 0.3 is 6.01 Å². The highest BCUT2D eigenvalue weighted by atomic mass is 16.5. The first-order valence-electron chi connectivity index (χ1n) is 5.96. The van der Waals surface area contributed by atoms with Crippen molar-refractivity contribution in [3.05, 3.63) is 18.5 Å². The quantitative estimate of drug-likeness (QED) is 0.610. The average Bonchev–Trinajstić information content (AvgIpc) is 2.91. The summed E-state index contributed by atoms with van der Waals surface area (Å²) in [5.41, 5.74) is 2.02. The van der Waals surface area contributed by atoms with Crippen LogP contribution in [0, 0.1) is 0 Å². The molecule has 0 aliphatic heterocycles. The first-order chi connectivity index (χ1) is 9.04. The lowest BCUT2D eigenvalue weighted by atomic mass is 10.1. The van der Waals surface area contributed by atoms with Crippen LogP contribution >= 0.6 is 0 Å². The summed E-state index contributed by atoms with van der Waals surface area (Å²) in [5, 5.41) is 4.06. The molecular formula is C11H17N7O. The topological polar surface area (TPSA) is 104 Å². The highest BCUT2D eigenvalue weighted by Gasteiger charge is 2.20. The lowest BCUT2D eigenvalue weighted by Gasteiger charge is -2.23. The minimum Gasteiger partial charge on any atom is -0.457 e. The summed E-state index contributed by atoms with van der Waals surface area (Å²) in [6.45, 7) is 5.94. The van der Waals surface area contributed by atoms with Gasteiger partial charge < -0.3 is 4.74 Å². The molecule has 2 rings (SSSR count). The number of hydrogen-bond acceptors (Lipinski definition) is 7. The maximum absolute atomic E-state index is 5.73. The molecule has 0 fully saturated rings. The fraction of sp³-hybridized carbons (Fsp3) is 0.455. The molecule has 0 aromatic carbocycles. The van der Waals surface area contributed by atoms with E-state index in [1.165, 1.54) is 4.68 Å². The van der Waals surface area contributed by atoms with E-state index in [4.69, 9.17) is 10.6 Å². The number of nitrogens with two attached hydrogens (primary N) is 1. The van der Waals surface area contributed by atoms with Crippen LogP contribution in [0.4, 0.5) is 5.95 Å². The Morgan fingerprint density at radius 3 is 2.74 bits per heavy atom. The molecular weight excluding hydrogens is 246 g/mol. The zero-order valence-electron chi connectivity index (χ0n) is 11.2. The Bertz CT molecular complexity index is 538. The Hall–Kier alpha value is -2.22. The molecule has 0 spiro atoms. The van der Waals surface area contributed by atoms with E-state index in [0.29, 0.717) is 5.95 Å². The van der Waals surface area contributed by atoms with Crippen LogP contribution < -0.4 is 16.0 Å². The van der Waals surface area contributed by atoms with Crippen molar-refractivity contribution in [2.24, 2.45) is 5.84 Å². The van der Waals surface area contributed by atoms with Crippen LogP contribution in [0.2, 0.25) is 0 Å². The molecule has 0 atom stereocenters. The van der Waals surface area contributed by atoms with Gasteiger partial charge in [0.2, 0.25) is 5.95 Å². The number of ether oxygens (including phenoxy) is 1. The second kappa shape index (κ2) is 5.19. The summed E-state index contributed by atoms with van der Waals surface area (Å²) in [6, 6.07) is 1.98. The van der Waals surface area contributed by atoms with E-state index in [2.05, 4.69) is 25.5 Å². The zero-order valence-corrected chi connectivity index (χ0v) is 11.2. The van der Waals surface area contributed by atoms with Gasteiger partial charge in [0.15, 0.2) is 0 Å². The molecule has 8 nitrogen and oxygen atoms in total. The monoisotopic (exact) mass is 263 g/mol. The van der Waals surface area contributed by atoms with Crippen molar-refractivity contribution in [1.82, 2.24) is 24.7 Å². The van der Waals surface area contributed by atoms with Crippen molar-refractivity contribution >= 4 is 5.95 Å². The largest absolute Gasteiger partial charge is 0.457 e. The van der Waals surface area contributed by atoms with Crippen molar-refractivity contribution in [2.45, 2.75) is 32.8 Å². The van der Waals surface area contributed by atoms with Crippen LogP contribution in [0.1, 0.15) is 27.2 Å². The predicted octanol–water partition coefficient (Wildman–Crippen LogP) is 0.910. The van der Waals surface area contributed by atoms with Crippen molar-refractivity contribution < 1.29 is 4.74 Å². The van der Waals surface area contributed by atoms with Gasteiger partial charge in [-0.2, -0.15) is 20.1 Å². The van der Waals surface area contributed by atoms with Crippen LogP contribution in [0.15, 0.2) is 18.5 Å². The van der Waals surface area contributed by atoms with Gasteiger partial charge in [-0.3, -0.25) is 5.43 Å². The van der Waals surface area contributed by atoms with E-state index >= 15 is 0 Å². The molecule has 2 heterocycles. The second-order valence-corrected chi connectivity index (χ2v) is 4.55. The minimum absolute atomic E-state index is 0.209. The SMILES string of the molecule is CCC(C)(C)Oc1nc(NN)nc(-n2cccn2)n1. The van der Waals surface area contributed by atoms with E-state index < -0.39 is 0 Å². The van der Waals surface area contributed by atoms with Gasteiger partial charge in [0.05, 0.1) is 0 Å². The normalized spacial score (nSPS) is 11.4. The molecule has 19 heavy (non-hydrogen) atoms. The first-order valence-corrected chi connectivity index (χ1v) is 5.96. The molecule has 2 aromatic rings. The molecule has 3 N–H and O–H groups in total. The van der Waals surface area contributed by atoms with Crippen molar-refractivity contribution in [2.75, 3.05) is 5.43 Å². The number of nitrogens with one attached hydrogen (secondary N) is 1. The number of nitrogen functional groups attached to an aromatic ring is 1. The molecule has 0 saturated carbocycles. The standard InChI is InChI=1S/C11H17N7O/c1-4-11(2,3)19-10-15-8(17-12)14-9(16-10)18-7-5-6-13-18/h5-7H,4,12H2,1-3H3,(H,14,15,16,17). The van der Waals surface area contributed by atoms with E-state index in [0.717, 1.165) is 6.42 Å².